The molecule has 0 radical (unpaired) electrons. The predicted octanol–water partition coefficient (Wildman–Crippen LogP) is 0.399. The molecule has 0 atom stereocenters. The first-order chi connectivity index (χ1) is 4.57. The van der Waals surface area contributed by atoms with Gasteiger partial charge in [-0.3, -0.25) is 4.79 Å². The fraction of sp³-hybridized carbons (Fsp3) is 0.200. The Balaban J connectivity index is 4.12. The Morgan fingerprint density at radius 2 is 1.90 bits per heavy atom. The van der Waals surface area contributed by atoms with Crippen molar-refractivity contribution < 1.29 is 24.2 Å². The summed E-state index contributed by atoms with van der Waals surface area (Å²) in [4.78, 5) is 19.7. The van der Waals surface area contributed by atoms with E-state index in [9.17, 15) is 14.0 Å². The number of carbonyl (C=O) groups is 2. The highest BCUT2D eigenvalue weighted by atomic mass is 19.1. The summed E-state index contributed by atoms with van der Waals surface area (Å²) in [6, 6.07) is 0. The number of rotatable bonds is 3. The summed E-state index contributed by atoms with van der Waals surface area (Å²) >= 11 is 0. The summed E-state index contributed by atoms with van der Waals surface area (Å²) in [5.41, 5.74) is -0.757. The average Bonchev–Trinajstić information content (AvgIpc) is 1.81. The Bertz CT molecular complexity index is 184. The number of halogens is 1. The zero-order chi connectivity index (χ0) is 8.15. The molecule has 4 nitrogen and oxygen atoms in total. The maximum absolute atomic E-state index is 11.5. The van der Waals surface area contributed by atoms with E-state index in [1.54, 1.807) is 0 Å². The van der Waals surface area contributed by atoms with Gasteiger partial charge in [0, 0.05) is 0 Å². The third kappa shape index (κ3) is 2.81. The number of carboxylic acids is 2. The number of hydrogen-bond acceptors (Lipinski definition) is 2. The van der Waals surface area contributed by atoms with Crippen LogP contribution in [0.1, 0.15) is 6.42 Å². The van der Waals surface area contributed by atoms with Crippen LogP contribution in [-0.2, 0) is 9.59 Å². The second kappa shape index (κ2) is 3.60. The van der Waals surface area contributed by atoms with Crippen molar-refractivity contribution in [1.82, 2.24) is 0 Å². The average molecular weight is 148 g/mol. The molecule has 0 aromatic heterocycles. The van der Waals surface area contributed by atoms with E-state index >= 15 is 0 Å². The van der Waals surface area contributed by atoms with Gasteiger partial charge < -0.3 is 10.2 Å². The number of aliphatic carboxylic acids is 2. The first-order valence-corrected chi connectivity index (χ1v) is 2.32. The topological polar surface area (TPSA) is 74.6 Å². The van der Waals surface area contributed by atoms with Gasteiger partial charge in [0.25, 0.3) is 0 Å². The van der Waals surface area contributed by atoms with E-state index in [2.05, 4.69) is 0 Å². The van der Waals surface area contributed by atoms with Gasteiger partial charge >= 0.3 is 11.9 Å². The van der Waals surface area contributed by atoms with Gasteiger partial charge in [0.15, 0.2) is 0 Å². The fourth-order valence-electron chi connectivity index (χ4n) is 0.324. The van der Waals surface area contributed by atoms with Crippen molar-refractivity contribution in [3.8, 4) is 0 Å². The zero-order valence-corrected chi connectivity index (χ0v) is 4.87. The Morgan fingerprint density at radius 3 is 2.00 bits per heavy atom. The van der Waals surface area contributed by atoms with Crippen molar-refractivity contribution in [1.29, 1.82) is 0 Å². The molecule has 0 aromatic rings. The number of hydrogen-bond donors (Lipinski definition) is 2. The Kier molecular flexibility index (Phi) is 3.10. The molecule has 0 aliphatic rings. The van der Waals surface area contributed by atoms with E-state index in [1.807, 2.05) is 0 Å². The van der Waals surface area contributed by atoms with E-state index in [-0.39, 0.29) is 6.33 Å². The van der Waals surface area contributed by atoms with E-state index in [0.717, 1.165) is 0 Å². The van der Waals surface area contributed by atoms with Crippen molar-refractivity contribution in [3.05, 3.63) is 11.9 Å². The molecule has 0 unspecified atom stereocenters. The molecule has 0 aliphatic carbocycles. The van der Waals surface area contributed by atoms with Crippen LogP contribution >= 0.6 is 0 Å². The van der Waals surface area contributed by atoms with Crippen LogP contribution < -0.4 is 0 Å². The highest BCUT2D eigenvalue weighted by molar-refractivity contribution is 5.91. The summed E-state index contributed by atoms with van der Waals surface area (Å²) in [5.74, 6) is -2.92. The minimum absolute atomic E-state index is 0.226. The van der Waals surface area contributed by atoms with Crippen molar-refractivity contribution in [2.75, 3.05) is 0 Å². The molecule has 0 amide bonds. The summed E-state index contributed by atoms with van der Waals surface area (Å²) in [5, 5.41) is 16.0. The molecular weight excluding hydrogens is 143 g/mol. The van der Waals surface area contributed by atoms with Crippen LogP contribution in [0.3, 0.4) is 0 Å². The fourth-order valence-corrected chi connectivity index (χ4v) is 0.324. The summed E-state index contributed by atoms with van der Waals surface area (Å²) in [6.45, 7) is 0. The van der Waals surface area contributed by atoms with E-state index in [1.165, 1.54) is 0 Å². The lowest BCUT2D eigenvalue weighted by Crippen LogP contribution is -2.05. The Hall–Kier alpha value is -1.39. The molecule has 0 saturated heterocycles. The maximum Gasteiger partial charge on any atom is 0.334 e. The third-order valence-electron chi connectivity index (χ3n) is 0.748. The molecule has 56 valence electrons. The molecule has 0 saturated carbocycles. The quantitative estimate of drug-likeness (QED) is 0.568. The lowest BCUT2D eigenvalue weighted by molar-refractivity contribution is -0.139. The Morgan fingerprint density at radius 1 is 1.40 bits per heavy atom. The van der Waals surface area contributed by atoms with Gasteiger partial charge in [0.1, 0.15) is 0 Å². The molecule has 0 rings (SSSR count). The lowest BCUT2D eigenvalue weighted by Gasteiger charge is -1.92. The highest BCUT2D eigenvalue weighted by Gasteiger charge is 2.10. The van der Waals surface area contributed by atoms with Crippen molar-refractivity contribution in [2.24, 2.45) is 0 Å². The van der Waals surface area contributed by atoms with Gasteiger partial charge in [0.05, 0.1) is 18.3 Å². The monoisotopic (exact) mass is 148 g/mol. The summed E-state index contributed by atoms with van der Waals surface area (Å²) in [7, 11) is 0. The standard InChI is InChI=1S/C5H5FO4/c6-2-3(5(9)10)1-4(7)8/h2H,1H2,(H,7,8)(H,9,10)/b3-2+. The van der Waals surface area contributed by atoms with Crippen molar-refractivity contribution in [2.45, 2.75) is 6.42 Å². The summed E-state index contributed by atoms with van der Waals surface area (Å²) < 4.78 is 11.5. The van der Waals surface area contributed by atoms with Crippen LogP contribution in [0.5, 0.6) is 0 Å². The van der Waals surface area contributed by atoms with Crippen LogP contribution in [0.25, 0.3) is 0 Å². The lowest BCUT2D eigenvalue weighted by atomic mass is 10.2. The maximum atomic E-state index is 11.5. The molecule has 0 spiro atoms. The smallest absolute Gasteiger partial charge is 0.334 e. The van der Waals surface area contributed by atoms with E-state index in [0.29, 0.717) is 0 Å². The van der Waals surface area contributed by atoms with Crippen LogP contribution in [0.2, 0.25) is 0 Å². The second-order valence-electron chi connectivity index (χ2n) is 1.51. The zero-order valence-electron chi connectivity index (χ0n) is 4.87. The van der Waals surface area contributed by atoms with Gasteiger partial charge in [-0.05, 0) is 0 Å². The van der Waals surface area contributed by atoms with E-state index < -0.39 is 23.9 Å². The van der Waals surface area contributed by atoms with Crippen LogP contribution in [0, 0.1) is 0 Å². The first-order valence-electron chi connectivity index (χ1n) is 2.32. The van der Waals surface area contributed by atoms with Crippen LogP contribution in [0.4, 0.5) is 4.39 Å². The molecule has 0 heterocycles. The van der Waals surface area contributed by atoms with Crippen LogP contribution in [0.15, 0.2) is 11.9 Å². The molecule has 2 N–H and O–H groups in total. The van der Waals surface area contributed by atoms with Gasteiger partial charge in [-0.15, -0.1) is 0 Å². The Labute approximate surface area is 55.6 Å². The molecule has 0 fully saturated rings. The minimum atomic E-state index is -1.55. The van der Waals surface area contributed by atoms with Gasteiger partial charge in [0.2, 0.25) is 0 Å². The molecule has 10 heavy (non-hydrogen) atoms. The minimum Gasteiger partial charge on any atom is -0.481 e. The predicted molar refractivity (Wildman–Crippen MR) is 29.1 cm³/mol. The second-order valence-corrected chi connectivity index (χ2v) is 1.51. The number of carboxylic acid groups (broad SMARTS) is 2. The molecule has 0 aliphatic heterocycles. The molecule has 5 heteroatoms. The largest absolute Gasteiger partial charge is 0.481 e. The molecular formula is C5H5FO4. The molecule has 0 bridgehead atoms. The van der Waals surface area contributed by atoms with Crippen LogP contribution in [-0.4, -0.2) is 22.2 Å². The van der Waals surface area contributed by atoms with Crippen molar-refractivity contribution >= 4 is 11.9 Å². The van der Waals surface area contributed by atoms with Gasteiger partial charge in [-0.1, -0.05) is 0 Å². The van der Waals surface area contributed by atoms with Gasteiger partial charge in [-0.2, -0.15) is 0 Å². The molecule has 0 aromatic carbocycles. The van der Waals surface area contributed by atoms with E-state index in [4.69, 9.17) is 10.2 Å². The van der Waals surface area contributed by atoms with Gasteiger partial charge in [-0.25, -0.2) is 9.18 Å². The highest BCUT2D eigenvalue weighted by Crippen LogP contribution is 2.00. The SMILES string of the molecule is O=C(O)C/C(=C\F)C(=O)O. The van der Waals surface area contributed by atoms with Crippen molar-refractivity contribution in [3.63, 3.8) is 0 Å². The normalized spacial score (nSPS) is 11.1. The summed E-state index contributed by atoms with van der Waals surface area (Å²) in [6.07, 6.45) is -1.03. The first kappa shape index (κ1) is 8.61. The third-order valence-corrected chi connectivity index (χ3v) is 0.748.